The Morgan fingerprint density at radius 2 is 2.08 bits per heavy atom. The first-order valence-corrected chi connectivity index (χ1v) is 9.62. The van der Waals surface area contributed by atoms with E-state index in [2.05, 4.69) is 32.3 Å². The molecule has 6 heteroatoms. The van der Waals surface area contributed by atoms with Crippen molar-refractivity contribution in [2.45, 2.75) is 38.1 Å². The third kappa shape index (κ3) is 4.02. The fourth-order valence-corrected chi connectivity index (χ4v) is 3.66. The van der Waals surface area contributed by atoms with E-state index in [9.17, 15) is 0 Å². The lowest BCUT2D eigenvalue weighted by Gasteiger charge is -2.34. The minimum atomic E-state index is 0.191. The summed E-state index contributed by atoms with van der Waals surface area (Å²) >= 11 is 0. The summed E-state index contributed by atoms with van der Waals surface area (Å²) in [6.45, 7) is 6.18. The normalized spacial score (nSPS) is 19.7. The maximum atomic E-state index is 5.52. The molecule has 2 aliphatic rings. The van der Waals surface area contributed by atoms with Crippen LogP contribution in [0.1, 0.15) is 48.3 Å². The van der Waals surface area contributed by atoms with Gasteiger partial charge in [0.15, 0.2) is 0 Å². The standard InChI is InChI=1S/C20H27N5O/c1-15-13-18(16-5-4-6-16)24-20(23-15)22-14-19(17-7-2-3-8-21-17)25-9-11-26-12-10-25/h2-3,7-8,13,16,19H,4-6,9-12,14H2,1H3,(H,22,23,24)/t19-/m0/s1. The van der Waals surface area contributed by atoms with E-state index < -0.39 is 0 Å². The Kier molecular flexibility index (Phi) is 5.41. The van der Waals surface area contributed by atoms with Gasteiger partial charge in [-0.15, -0.1) is 0 Å². The van der Waals surface area contributed by atoms with Crippen LogP contribution in [0, 0.1) is 6.92 Å². The van der Waals surface area contributed by atoms with Crippen LogP contribution in [-0.2, 0) is 4.74 Å². The van der Waals surface area contributed by atoms with E-state index in [0.29, 0.717) is 5.92 Å². The predicted octanol–water partition coefficient (Wildman–Crippen LogP) is 2.93. The lowest BCUT2D eigenvalue weighted by atomic mass is 9.83. The van der Waals surface area contributed by atoms with E-state index in [-0.39, 0.29) is 6.04 Å². The summed E-state index contributed by atoms with van der Waals surface area (Å²) < 4.78 is 5.52. The van der Waals surface area contributed by atoms with Crippen molar-refractivity contribution in [2.24, 2.45) is 0 Å². The fraction of sp³-hybridized carbons (Fsp3) is 0.550. The largest absolute Gasteiger partial charge is 0.379 e. The number of hydrogen-bond acceptors (Lipinski definition) is 6. The highest BCUT2D eigenvalue weighted by Crippen LogP contribution is 2.35. The zero-order chi connectivity index (χ0) is 17.8. The molecule has 1 aliphatic carbocycles. The maximum Gasteiger partial charge on any atom is 0.223 e. The van der Waals surface area contributed by atoms with Crippen molar-refractivity contribution < 1.29 is 4.74 Å². The summed E-state index contributed by atoms with van der Waals surface area (Å²) in [5, 5.41) is 3.48. The second kappa shape index (κ2) is 8.10. The topological polar surface area (TPSA) is 63.2 Å². The van der Waals surface area contributed by atoms with Crippen LogP contribution in [0.4, 0.5) is 5.95 Å². The number of anilines is 1. The van der Waals surface area contributed by atoms with Crippen molar-refractivity contribution in [1.82, 2.24) is 19.9 Å². The molecule has 0 bridgehead atoms. The minimum Gasteiger partial charge on any atom is -0.379 e. The first kappa shape index (κ1) is 17.4. The number of aromatic nitrogens is 3. The monoisotopic (exact) mass is 353 g/mol. The Morgan fingerprint density at radius 3 is 2.77 bits per heavy atom. The Labute approximate surface area is 155 Å². The summed E-state index contributed by atoms with van der Waals surface area (Å²) in [4.78, 5) is 16.4. The van der Waals surface area contributed by atoms with Gasteiger partial charge in [0.1, 0.15) is 0 Å². The number of aryl methyl sites for hydroxylation is 1. The number of hydrogen-bond donors (Lipinski definition) is 1. The molecule has 0 amide bonds. The van der Waals surface area contributed by atoms with Crippen LogP contribution < -0.4 is 5.32 Å². The van der Waals surface area contributed by atoms with Gasteiger partial charge in [0, 0.05) is 43.1 Å². The molecule has 1 N–H and O–H groups in total. The maximum absolute atomic E-state index is 5.52. The van der Waals surface area contributed by atoms with E-state index in [1.807, 2.05) is 25.3 Å². The molecule has 1 saturated heterocycles. The van der Waals surface area contributed by atoms with Gasteiger partial charge in [-0.1, -0.05) is 12.5 Å². The van der Waals surface area contributed by atoms with Gasteiger partial charge < -0.3 is 10.1 Å². The summed E-state index contributed by atoms with van der Waals surface area (Å²) in [6.07, 6.45) is 5.68. The summed E-state index contributed by atoms with van der Waals surface area (Å²) in [5.74, 6) is 1.35. The van der Waals surface area contributed by atoms with Gasteiger partial charge in [-0.05, 0) is 38.0 Å². The minimum absolute atomic E-state index is 0.191. The number of pyridine rings is 1. The van der Waals surface area contributed by atoms with Gasteiger partial charge in [0.05, 0.1) is 24.9 Å². The first-order chi connectivity index (χ1) is 12.8. The third-order valence-electron chi connectivity index (χ3n) is 5.37. The molecule has 0 aromatic carbocycles. The van der Waals surface area contributed by atoms with Gasteiger partial charge in [-0.3, -0.25) is 9.88 Å². The Bertz CT molecular complexity index is 713. The van der Waals surface area contributed by atoms with Crippen LogP contribution in [0.2, 0.25) is 0 Å². The first-order valence-electron chi connectivity index (χ1n) is 9.62. The quantitative estimate of drug-likeness (QED) is 0.861. The van der Waals surface area contributed by atoms with Crippen LogP contribution >= 0.6 is 0 Å². The molecular weight excluding hydrogens is 326 g/mol. The molecule has 1 aliphatic heterocycles. The zero-order valence-corrected chi connectivity index (χ0v) is 15.4. The molecule has 138 valence electrons. The second-order valence-electron chi connectivity index (χ2n) is 7.19. The van der Waals surface area contributed by atoms with Crippen LogP contribution in [-0.4, -0.2) is 52.7 Å². The summed E-state index contributed by atoms with van der Waals surface area (Å²) in [7, 11) is 0. The lowest BCUT2D eigenvalue weighted by molar-refractivity contribution is 0.0178. The molecule has 2 aromatic rings. The Morgan fingerprint density at radius 1 is 1.23 bits per heavy atom. The highest BCUT2D eigenvalue weighted by Gasteiger charge is 2.25. The van der Waals surface area contributed by atoms with Crippen molar-refractivity contribution in [2.75, 3.05) is 38.2 Å². The molecule has 1 saturated carbocycles. The van der Waals surface area contributed by atoms with Crippen molar-refractivity contribution >= 4 is 5.95 Å². The lowest BCUT2D eigenvalue weighted by Crippen LogP contribution is -2.42. The molecular formula is C20H27N5O. The smallest absolute Gasteiger partial charge is 0.223 e. The van der Waals surface area contributed by atoms with E-state index in [4.69, 9.17) is 9.72 Å². The van der Waals surface area contributed by atoms with Gasteiger partial charge in [0.2, 0.25) is 5.95 Å². The Balaban J connectivity index is 1.50. The van der Waals surface area contributed by atoms with Crippen molar-refractivity contribution in [3.63, 3.8) is 0 Å². The number of morpholine rings is 1. The van der Waals surface area contributed by atoms with Crippen molar-refractivity contribution in [1.29, 1.82) is 0 Å². The van der Waals surface area contributed by atoms with Gasteiger partial charge >= 0.3 is 0 Å². The highest BCUT2D eigenvalue weighted by molar-refractivity contribution is 5.31. The van der Waals surface area contributed by atoms with Crippen molar-refractivity contribution in [3.8, 4) is 0 Å². The molecule has 2 aromatic heterocycles. The molecule has 0 radical (unpaired) electrons. The molecule has 0 spiro atoms. The average Bonchev–Trinajstić information content (AvgIpc) is 2.62. The van der Waals surface area contributed by atoms with E-state index in [0.717, 1.165) is 50.2 Å². The molecule has 6 nitrogen and oxygen atoms in total. The number of nitrogens with zero attached hydrogens (tertiary/aromatic N) is 4. The number of ether oxygens (including phenoxy) is 1. The van der Waals surface area contributed by atoms with Gasteiger partial charge in [-0.2, -0.15) is 0 Å². The van der Waals surface area contributed by atoms with Gasteiger partial charge in [0.25, 0.3) is 0 Å². The van der Waals surface area contributed by atoms with E-state index in [1.54, 1.807) is 0 Å². The van der Waals surface area contributed by atoms with Crippen LogP contribution in [0.25, 0.3) is 0 Å². The summed E-state index contributed by atoms with van der Waals surface area (Å²) in [6, 6.07) is 8.43. The van der Waals surface area contributed by atoms with Crippen LogP contribution in [0.5, 0.6) is 0 Å². The van der Waals surface area contributed by atoms with Crippen molar-refractivity contribution in [3.05, 3.63) is 47.5 Å². The molecule has 2 fully saturated rings. The van der Waals surface area contributed by atoms with E-state index >= 15 is 0 Å². The molecule has 4 rings (SSSR count). The zero-order valence-electron chi connectivity index (χ0n) is 15.4. The van der Waals surface area contributed by atoms with Crippen LogP contribution in [0.3, 0.4) is 0 Å². The average molecular weight is 353 g/mol. The van der Waals surface area contributed by atoms with E-state index in [1.165, 1.54) is 25.0 Å². The Hall–Kier alpha value is -2.05. The second-order valence-corrected chi connectivity index (χ2v) is 7.19. The molecule has 0 unspecified atom stereocenters. The third-order valence-corrected chi connectivity index (χ3v) is 5.37. The molecule has 1 atom stereocenters. The van der Waals surface area contributed by atoms with Crippen LogP contribution in [0.15, 0.2) is 30.5 Å². The molecule has 3 heterocycles. The van der Waals surface area contributed by atoms with Gasteiger partial charge in [-0.25, -0.2) is 9.97 Å². The fourth-order valence-electron chi connectivity index (χ4n) is 3.66. The highest BCUT2D eigenvalue weighted by atomic mass is 16.5. The SMILES string of the molecule is Cc1cc(C2CCC2)nc(NC[C@@H](c2ccccn2)N2CCOCC2)n1. The predicted molar refractivity (Wildman–Crippen MR) is 101 cm³/mol. The number of nitrogens with one attached hydrogen (secondary N) is 1. The number of rotatable bonds is 6. The molecule has 26 heavy (non-hydrogen) atoms. The summed E-state index contributed by atoms with van der Waals surface area (Å²) in [5.41, 5.74) is 3.30.